The fourth-order valence-corrected chi connectivity index (χ4v) is 3.58. The lowest BCUT2D eigenvalue weighted by Crippen LogP contribution is -2.43. The summed E-state index contributed by atoms with van der Waals surface area (Å²) in [4.78, 5) is 16.5. The van der Waals surface area contributed by atoms with Crippen LogP contribution in [0, 0.1) is 5.92 Å². The van der Waals surface area contributed by atoms with Crippen molar-refractivity contribution >= 4 is 27.5 Å². The van der Waals surface area contributed by atoms with E-state index in [-0.39, 0.29) is 24.5 Å². The molecule has 5 heteroatoms. The highest BCUT2D eigenvalue weighted by atomic mass is 32.1. The van der Waals surface area contributed by atoms with E-state index < -0.39 is 0 Å². The molecule has 0 bridgehead atoms. The third-order valence-electron chi connectivity index (χ3n) is 4.05. The van der Waals surface area contributed by atoms with Crippen LogP contribution >= 0.6 is 11.3 Å². The second kappa shape index (κ2) is 5.89. The standard InChI is InChI=1S/C15H18N2O2S/c18-8-11-3-1-2-4-12(11)17-15(19)10-5-6-13-14(7-10)20-9-16-13/h5-7,9,11-12,18H,1-4,8H2,(H,17,19). The number of amides is 1. The number of benzene rings is 1. The third-order valence-corrected chi connectivity index (χ3v) is 4.85. The van der Waals surface area contributed by atoms with Crippen molar-refractivity contribution in [2.75, 3.05) is 6.61 Å². The number of fused-ring (bicyclic) bond motifs is 1. The Labute approximate surface area is 121 Å². The summed E-state index contributed by atoms with van der Waals surface area (Å²) in [7, 11) is 0. The van der Waals surface area contributed by atoms with Crippen molar-refractivity contribution in [3.8, 4) is 0 Å². The Morgan fingerprint density at radius 2 is 2.25 bits per heavy atom. The van der Waals surface area contributed by atoms with E-state index in [4.69, 9.17) is 0 Å². The zero-order valence-corrected chi connectivity index (χ0v) is 12.0. The predicted octanol–water partition coefficient (Wildman–Crippen LogP) is 2.58. The van der Waals surface area contributed by atoms with Gasteiger partial charge in [-0.25, -0.2) is 4.98 Å². The van der Waals surface area contributed by atoms with Crippen LogP contribution in [0.5, 0.6) is 0 Å². The van der Waals surface area contributed by atoms with Gasteiger partial charge in [-0.15, -0.1) is 11.3 Å². The van der Waals surface area contributed by atoms with Crippen molar-refractivity contribution in [2.45, 2.75) is 31.7 Å². The van der Waals surface area contributed by atoms with E-state index in [0.717, 1.165) is 35.9 Å². The van der Waals surface area contributed by atoms with E-state index in [0.29, 0.717) is 5.56 Å². The number of carbonyl (C=O) groups excluding carboxylic acids is 1. The molecule has 4 nitrogen and oxygen atoms in total. The maximum Gasteiger partial charge on any atom is 0.251 e. The van der Waals surface area contributed by atoms with Crippen LogP contribution in [-0.4, -0.2) is 28.6 Å². The van der Waals surface area contributed by atoms with Crippen molar-refractivity contribution < 1.29 is 9.90 Å². The van der Waals surface area contributed by atoms with E-state index >= 15 is 0 Å². The van der Waals surface area contributed by atoms with Crippen molar-refractivity contribution in [2.24, 2.45) is 5.92 Å². The van der Waals surface area contributed by atoms with Gasteiger partial charge >= 0.3 is 0 Å². The van der Waals surface area contributed by atoms with E-state index in [1.807, 2.05) is 18.2 Å². The molecule has 3 rings (SSSR count). The number of carbonyl (C=O) groups is 1. The average molecular weight is 290 g/mol. The first kappa shape index (κ1) is 13.5. The zero-order valence-electron chi connectivity index (χ0n) is 11.2. The molecule has 0 aliphatic heterocycles. The number of aromatic nitrogens is 1. The van der Waals surface area contributed by atoms with Crippen molar-refractivity contribution in [3.05, 3.63) is 29.3 Å². The molecule has 20 heavy (non-hydrogen) atoms. The maximum atomic E-state index is 12.3. The molecule has 2 atom stereocenters. The zero-order chi connectivity index (χ0) is 13.9. The number of aliphatic hydroxyl groups excluding tert-OH is 1. The number of nitrogens with zero attached hydrogens (tertiary/aromatic N) is 1. The van der Waals surface area contributed by atoms with Gasteiger partial charge in [0.05, 0.1) is 15.7 Å². The number of nitrogens with one attached hydrogen (secondary N) is 1. The van der Waals surface area contributed by atoms with Crippen molar-refractivity contribution in [1.82, 2.24) is 10.3 Å². The molecule has 1 heterocycles. The smallest absolute Gasteiger partial charge is 0.251 e. The van der Waals surface area contributed by atoms with Crippen molar-refractivity contribution in [3.63, 3.8) is 0 Å². The molecule has 0 saturated heterocycles. The largest absolute Gasteiger partial charge is 0.396 e. The monoisotopic (exact) mass is 290 g/mol. The van der Waals surface area contributed by atoms with Gasteiger partial charge in [0, 0.05) is 24.1 Å². The highest BCUT2D eigenvalue weighted by molar-refractivity contribution is 7.16. The highest BCUT2D eigenvalue weighted by Gasteiger charge is 2.26. The molecule has 1 aliphatic rings. The van der Waals surface area contributed by atoms with E-state index in [2.05, 4.69) is 10.3 Å². The molecule has 2 aromatic rings. The molecule has 2 unspecified atom stereocenters. The van der Waals surface area contributed by atoms with Gasteiger partial charge < -0.3 is 10.4 Å². The molecule has 1 aromatic heterocycles. The van der Waals surface area contributed by atoms with Crippen molar-refractivity contribution in [1.29, 1.82) is 0 Å². The van der Waals surface area contributed by atoms with Crippen LogP contribution in [-0.2, 0) is 0 Å². The Bertz CT molecular complexity index is 611. The Balaban J connectivity index is 1.74. The van der Waals surface area contributed by atoms with Gasteiger partial charge in [-0.1, -0.05) is 12.8 Å². The summed E-state index contributed by atoms with van der Waals surface area (Å²) >= 11 is 1.54. The van der Waals surface area contributed by atoms with Gasteiger partial charge in [-0.2, -0.15) is 0 Å². The first-order chi connectivity index (χ1) is 9.78. The van der Waals surface area contributed by atoms with Gasteiger partial charge in [0.2, 0.25) is 0 Å². The molecule has 2 N–H and O–H groups in total. The molecule has 1 aromatic carbocycles. The lowest BCUT2D eigenvalue weighted by atomic mass is 9.85. The fraction of sp³-hybridized carbons (Fsp3) is 0.467. The number of hydrogen-bond acceptors (Lipinski definition) is 4. The molecule has 0 radical (unpaired) electrons. The fourth-order valence-electron chi connectivity index (χ4n) is 2.86. The molecule has 1 saturated carbocycles. The van der Waals surface area contributed by atoms with Crippen LogP contribution in [0.1, 0.15) is 36.0 Å². The molecule has 1 amide bonds. The van der Waals surface area contributed by atoms with Gasteiger partial charge in [0.1, 0.15) is 0 Å². The third kappa shape index (κ3) is 2.69. The van der Waals surface area contributed by atoms with Crippen LogP contribution in [0.2, 0.25) is 0 Å². The molecular formula is C15H18N2O2S. The van der Waals surface area contributed by atoms with Gasteiger partial charge in [0.25, 0.3) is 5.91 Å². The summed E-state index contributed by atoms with van der Waals surface area (Å²) in [6, 6.07) is 5.68. The van der Waals surface area contributed by atoms with E-state index in [9.17, 15) is 9.90 Å². The minimum Gasteiger partial charge on any atom is -0.396 e. The normalized spacial score (nSPS) is 22.9. The summed E-state index contributed by atoms with van der Waals surface area (Å²) in [5, 5.41) is 12.5. The van der Waals surface area contributed by atoms with Crippen LogP contribution < -0.4 is 5.32 Å². The summed E-state index contributed by atoms with van der Waals surface area (Å²) in [5.74, 6) is 0.144. The average Bonchev–Trinajstić information content (AvgIpc) is 2.95. The highest BCUT2D eigenvalue weighted by Crippen LogP contribution is 2.25. The lowest BCUT2D eigenvalue weighted by molar-refractivity contribution is 0.0873. The number of thiazole rings is 1. The minimum atomic E-state index is -0.0503. The van der Waals surface area contributed by atoms with Crippen LogP contribution in [0.25, 0.3) is 10.2 Å². The number of aliphatic hydroxyl groups is 1. The quantitative estimate of drug-likeness (QED) is 0.913. The molecule has 1 aliphatic carbocycles. The second-order valence-corrected chi connectivity index (χ2v) is 6.23. The predicted molar refractivity (Wildman–Crippen MR) is 79.9 cm³/mol. The summed E-state index contributed by atoms with van der Waals surface area (Å²) in [6.45, 7) is 0.152. The van der Waals surface area contributed by atoms with Gasteiger partial charge in [-0.3, -0.25) is 4.79 Å². The van der Waals surface area contributed by atoms with E-state index in [1.54, 1.807) is 5.51 Å². The van der Waals surface area contributed by atoms with Crippen LogP contribution in [0.4, 0.5) is 0 Å². The molecule has 0 spiro atoms. The van der Waals surface area contributed by atoms with Crippen LogP contribution in [0.3, 0.4) is 0 Å². The number of rotatable bonds is 3. The first-order valence-electron chi connectivity index (χ1n) is 7.03. The van der Waals surface area contributed by atoms with Gasteiger partial charge in [0.15, 0.2) is 0 Å². The summed E-state index contributed by atoms with van der Waals surface area (Å²) < 4.78 is 1.03. The summed E-state index contributed by atoms with van der Waals surface area (Å²) in [6.07, 6.45) is 4.22. The topological polar surface area (TPSA) is 62.2 Å². The minimum absolute atomic E-state index is 0.0503. The molecule has 1 fully saturated rings. The molecular weight excluding hydrogens is 272 g/mol. The Morgan fingerprint density at radius 3 is 3.10 bits per heavy atom. The Kier molecular flexibility index (Phi) is 3.98. The Morgan fingerprint density at radius 1 is 1.40 bits per heavy atom. The van der Waals surface area contributed by atoms with Gasteiger partial charge in [-0.05, 0) is 31.0 Å². The number of hydrogen-bond donors (Lipinski definition) is 2. The SMILES string of the molecule is O=C(NC1CCCCC1CO)c1ccc2ncsc2c1. The van der Waals surface area contributed by atoms with E-state index in [1.165, 1.54) is 11.3 Å². The molecule has 106 valence electrons. The maximum absolute atomic E-state index is 12.3. The second-order valence-electron chi connectivity index (χ2n) is 5.34. The van der Waals surface area contributed by atoms with Crippen LogP contribution in [0.15, 0.2) is 23.7 Å². The Hall–Kier alpha value is -1.46. The lowest BCUT2D eigenvalue weighted by Gasteiger charge is -2.30. The summed E-state index contributed by atoms with van der Waals surface area (Å²) in [5.41, 5.74) is 3.39. The first-order valence-corrected chi connectivity index (χ1v) is 7.91.